The molecule has 0 bridgehead atoms. The van der Waals surface area contributed by atoms with Gasteiger partial charge in [0.25, 0.3) is 0 Å². The number of hydrogen-bond acceptors (Lipinski definition) is 5. The summed E-state index contributed by atoms with van der Waals surface area (Å²) in [5.74, 6) is 7.44. The fourth-order valence-electron chi connectivity index (χ4n) is 2.32. The van der Waals surface area contributed by atoms with Crippen molar-refractivity contribution in [2.75, 3.05) is 19.9 Å². The Bertz CT molecular complexity index is 927. The van der Waals surface area contributed by atoms with E-state index < -0.39 is 10.0 Å². The second kappa shape index (κ2) is 8.13. The van der Waals surface area contributed by atoms with Crippen molar-refractivity contribution in [3.8, 4) is 29.1 Å². The van der Waals surface area contributed by atoms with Crippen LogP contribution in [-0.4, -0.2) is 28.4 Å². The Hall–Kier alpha value is -2.69. The van der Waals surface area contributed by atoms with E-state index in [1.165, 1.54) is 0 Å². The van der Waals surface area contributed by atoms with Crippen LogP contribution in [0.2, 0.25) is 0 Å². The Balaban J connectivity index is 1.47. The average Bonchev–Trinajstić information content (AvgIpc) is 3.12. The molecule has 0 radical (unpaired) electrons. The van der Waals surface area contributed by atoms with E-state index in [-0.39, 0.29) is 24.8 Å². The molecule has 2 aromatic carbocycles. The fourth-order valence-corrected chi connectivity index (χ4v) is 3.24. The zero-order valence-electron chi connectivity index (χ0n) is 14.3. The van der Waals surface area contributed by atoms with Crippen LogP contribution in [0.4, 0.5) is 0 Å². The van der Waals surface area contributed by atoms with Crippen molar-refractivity contribution in [3.05, 3.63) is 48.0 Å². The molecule has 0 spiro atoms. The average molecular weight is 373 g/mol. The van der Waals surface area contributed by atoms with E-state index in [0.29, 0.717) is 17.2 Å². The van der Waals surface area contributed by atoms with E-state index in [9.17, 15) is 8.42 Å². The molecular formula is C19H19NO5S. The van der Waals surface area contributed by atoms with Gasteiger partial charge in [-0.25, -0.2) is 8.42 Å². The molecule has 0 amide bonds. The second-order valence-electron chi connectivity index (χ2n) is 5.48. The highest BCUT2D eigenvalue weighted by atomic mass is 32.2. The number of nitrogens with one attached hydrogen (secondary N) is 1. The Kier molecular flexibility index (Phi) is 5.66. The predicted octanol–water partition coefficient (Wildman–Crippen LogP) is 2.34. The highest BCUT2D eigenvalue weighted by molar-refractivity contribution is 7.89. The van der Waals surface area contributed by atoms with Gasteiger partial charge in [0.2, 0.25) is 16.8 Å². The lowest BCUT2D eigenvalue weighted by Crippen LogP contribution is -2.24. The third-order valence-corrected chi connectivity index (χ3v) is 5.19. The normalized spacial score (nSPS) is 12.3. The molecule has 1 aliphatic heterocycles. The van der Waals surface area contributed by atoms with Crippen LogP contribution in [0.25, 0.3) is 0 Å². The van der Waals surface area contributed by atoms with Crippen LogP contribution in [0.15, 0.2) is 47.4 Å². The molecule has 0 unspecified atom stereocenters. The SMILES string of the molecule is CCc1ccc(S(=O)(=O)NCC#CCOc2ccc3c(c2)OCO3)cc1. The molecule has 0 aliphatic carbocycles. The van der Waals surface area contributed by atoms with Gasteiger partial charge in [0.05, 0.1) is 11.4 Å². The van der Waals surface area contributed by atoms with Crippen LogP contribution >= 0.6 is 0 Å². The van der Waals surface area contributed by atoms with Gasteiger partial charge in [-0.1, -0.05) is 30.9 Å². The number of hydrogen-bond donors (Lipinski definition) is 1. The van der Waals surface area contributed by atoms with Crippen LogP contribution < -0.4 is 18.9 Å². The number of rotatable bonds is 6. The van der Waals surface area contributed by atoms with Crippen molar-refractivity contribution in [1.29, 1.82) is 0 Å². The number of benzene rings is 2. The minimum atomic E-state index is -3.56. The molecule has 1 N–H and O–H groups in total. The Morgan fingerprint density at radius 2 is 1.85 bits per heavy atom. The van der Waals surface area contributed by atoms with Crippen molar-refractivity contribution < 1.29 is 22.6 Å². The summed E-state index contributed by atoms with van der Waals surface area (Å²) in [7, 11) is -3.56. The molecule has 7 heteroatoms. The first-order valence-corrected chi connectivity index (χ1v) is 9.63. The lowest BCUT2D eigenvalue weighted by molar-refractivity contribution is 0.174. The third-order valence-electron chi connectivity index (χ3n) is 3.77. The van der Waals surface area contributed by atoms with Crippen LogP contribution in [-0.2, 0) is 16.4 Å². The summed E-state index contributed by atoms with van der Waals surface area (Å²) < 4.78 is 42.7. The van der Waals surface area contributed by atoms with Gasteiger partial charge in [0.1, 0.15) is 12.4 Å². The van der Waals surface area contributed by atoms with Gasteiger partial charge in [0, 0.05) is 6.07 Å². The molecule has 1 heterocycles. The first kappa shape index (κ1) is 18.1. The maximum absolute atomic E-state index is 12.2. The molecule has 1 aliphatic rings. The molecule has 0 atom stereocenters. The summed E-state index contributed by atoms with van der Waals surface area (Å²) in [6.45, 7) is 2.39. The summed E-state index contributed by atoms with van der Waals surface area (Å²) >= 11 is 0. The highest BCUT2D eigenvalue weighted by Crippen LogP contribution is 2.34. The molecule has 0 fully saturated rings. The summed E-state index contributed by atoms with van der Waals surface area (Å²) in [4.78, 5) is 0.230. The van der Waals surface area contributed by atoms with Gasteiger partial charge in [-0.15, -0.1) is 0 Å². The standard InChI is InChI=1S/C19H19NO5S/c1-2-15-5-8-17(9-6-15)26(21,22)20-11-3-4-12-23-16-7-10-18-19(13-16)25-14-24-18/h5-10,13,20H,2,11-12,14H2,1H3. The number of ether oxygens (including phenoxy) is 3. The maximum Gasteiger partial charge on any atom is 0.241 e. The Morgan fingerprint density at radius 3 is 2.62 bits per heavy atom. The monoisotopic (exact) mass is 373 g/mol. The fraction of sp³-hybridized carbons (Fsp3) is 0.263. The van der Waals surface area contributed by atoms with E-state index in [1.54, 1.807) is 42.5 Å². The third kappa shape index (κ3) is 4.48. The van der Waals surface area contributed by atoms with E-state index >= 15 is 0 Å². The Morgan fingerprint density at radius 1 is 1.08 bits per heavy atom. The molecule has 0 saturated heterocycles. The molecule has 0 aromatic heterocycles. The van der Waals surface area contributed by atoms with Crippen molar-refractivity contribution in [3.63, 3.8) is 0 Å². The lowest BCUT2D eigenvalue weighted by atomic mass is 10.2. The first-order chi connectivity index (χ1) is 12.6. The summed E-state index contributed by atoms with van der Waals surface area (Å²) in [6.07, 6.45) is 0.864. The van der Waals surface area contributed by atoms with Crippen LogP contribution in [0, 0.1) is 11.8 Å². The maximum atomic E-state index is 12.2. The predicted molar refractivity (Wildman–Crippen MR) is 96.8 cm³/mol. The van der Waals surface area contributed by atoms with E-state index in [0.717, 1.165) is 12.0 Å². The van der Waals surface area contributed by atoms with Gasteiger partial charge in [0.15, 0.2) is 11.5 Å². The summed E-state index contributed by atoms with van der Waals surface area (Å²) in [5, 5.41) is 0. The minimum absolute atomic E-state index is 0.0162. The zero-order valence-corrected chi connectivity index (χ0v) is 15.1. The van der Waals surface area contributed by atoms with E-state index in [4.69, 9.17) is 14.2 Å². The van der Waals surface area contributed by atoms with Gasteiger partial charge in [-0.3, -0.25) is 0 Å². The number of sulfonamides is 1. The van der Waals surface area contributed by atoms with E-state index in [1.807, 2.05) is 6.92 Å². The van der Waals surface area contributed by atoms with Gasteiger partial charge >= 0.3 is 0 Å². The topological polar surface area (TPSA) is 73.9 Å². The molecule has 2 aromatic rings. The van der Waals surface area contributed by atoms with Crippen molar-refractivity contribution in [1.82, 2.24) is 4.72 Å². The molecular weight excluding hydrogens is 354 g/mol. The molecule has 0 saturated carbocycles. The van der Waals surface area contributed by atoms with Gasteiger partial charge < -0.3 is 14.2 Å². The van der Waals surface area contributed by atoms with Crippen LogP contribution in [0.1, 0.15) is 12.5 Å². The molecule has 136 valence electrons. The first-order valence-electron chi connectivity index (χ1n) is 8.15. The molecule has 26 heavy (non-hydrogen) atoms. The zero-order chi connectivity index (χ0) is 18.4. The molecule has 6 nitrogen and oxygen atoms in total. The van der Waals surface area contributed by atoms with Gasteiger partial charge in [-0.05, 0) is 36.2 Å². The molecule has 3 rings (SSSR count). The van der Waals surface area contributed by atoms with Crippen molar-refractivity contribution in [2.45, 2.75) is 18.2 Å². The van der Waals surface area contributed by atoms with Crippen LogP contribution in [0.5, 0.6) is 17.2 Å². The van der Waals surface area contributed by atoms with Crippen molar-refractivity contribution >= 4 is 10.0 Å². The lowest BCUT2D eigenvalue weighted by Gasteiger charge is -2.05. The summed E-state index contributed by atoms with van der Waals surface area (Å²) in [5.41, 5.74) is 1.09. The number of aryl methyl sites for hydroxylation is 1. The Labute approximate surface area is 153 Å². The smallest absolute Gasteiger partial charge is 0.241 e. The minimum Gasteiger partial charge on any atom is -0.481 e. The van der Waals surface area contributed by atoms with Crippen LogP contribution in [0.3, 0.4) is 0 Å². The number of fused-ring (bicyclic) bond motifs is 1. The summed E-state index contributed by atoms with van der Waals surface area (Å²) in [6, 6.07) is 12.1. The van der Waals surface area contributed by atoms with E-state index in [2.05, 4.69) is 16.6 Å². The highest BCUT2D eigenvalue weighted by Gasteiger charge is 2.13. The van der Waals surface area contributed by atoms with Gasteiger partial charge in [-0.2, -0.15) is 4.72 Å². The largest absolute Gasteiger partial charge is 0.481 e. The second-order valence-corrected chi connectivity index (χ2v) is 7.25. The quantitative estimate of drug-likeness (QED) is 0.787. The van der Waals surface area contributed by atoms with Crippen molar-refractivity contribution in [2.24, 2.45) is 0 Å².